The molecule has 0 amide bonds. The van der Waals surface area contributed by atoms with E-state index >= 15 is 0 Å². The first-order chi connectivity index (χ1) is 4.83. The fourth-order valence-corrected chi connectivity index (χ4v) is 0.633. The molecule has 0 aliphatic rings. The van der Waals surface area contributed by atoms with E-state index in [0.717, 1.165) is 5.82 Å². The predicted octanol–water partition coefficient (Wildman–Crippen LogP) is -0.521. The van der Waals surface area contributed by atoms with Crippen molar-refractivity contribution in [2.45, 2.75) is 13.3 Å². The molecule has 57 valence electrons. The van der Waals surface area contributed by atoms with Crippen LogP contribution in [0.1, 0.15) is 11.6 Å². The summed E-state index contributed by atoms with van der Waals surface area (Å²) in [5.41, 5.74) is 5.30. The van der Waals surface area contributed by atoms with Crippen molar-refractivity contribution in [2.24, 2.45) is 5.73 Å². The number of nitrogens with two attached hydrogens (primary N) is 1. The SMILES string of the molecule is Cc1n[c-]nc(CCN)n1.[Y]. The quantitative estimate of drug-likeness (QED) is 0.689. The molecule has 1 radical (unpaired) electrons. The van der Waals surface area contributed by atoms with Crippen LogP contribution in [0.3, 0.4) is 0 Å². The van der Waals surface area contributed by atoms with Gasteiger partial charge in [-0.15, -0.1) is 0 Å². The molecule has 0 saturated carbocycles. The van der Waals surface area contributed by atoms with Crippen molar-refractivity contribution < 1.29 is 32.7 Å². The molecule has 0 bridgehead atoms. The molecule has 4 nitrogen and oxygen atoms in total. The maximum atomic E-state index is 5.30. The van der Waals surface area contributed by atoms with E-state index in [1.54, 1.807) is 6.92 Å². The van der Waals surface area contributed by atoms with Crippen molar-refractivity contribution in [1.29, 1.82) is 0 Å². The summed E-state index contributed by atoms with van der Waals surface area (Å²) in [5.74, 6) is 1.41. The molecule has 5 heteroatoms. The second-order valence-corrected chi connectivity index (χ2v) is 1.94. The molecule has 11 heavy (non-hydrogen) atoms. The van der Waals surface area contributed by atoms with E-state index < -0.39 is 0 Å². The zero-order chi connectivity index (χ0) is 7.40. The Balaban J connectivity index is 0.000001000. The molecule has 0 aliphatic carbocycles. The monoisotopic (exact) mass is 226 g/mol. The predicted molar refractivity (Wildman–Crippen MR) is 36.2 cm³/mol. The average molecular weight is 226 g/mol. The van der Waals surface area contributed by atoms with Gasteiger partial charge in [-0.2, -0.15) is 0 Å². The van der Waals surface area contributed by atoms with Crippen molar-refractivity contribution >= 4 is 0 Å². The van der Waals surface area contributed by atoms with Gasteiger partial charge in [0.05, 0.1) is 0 Å². The average Bonchev–Trinajstić information content (AvgIpc) is 1.88. The van der Waals surface area contributed by atoms with Crippen LogP contribution < -0.4 is 5.73 Å². The van der Waals surface area contributed by atoms with Crippen molar-refractivity contribution in [2.75, 3.05) is 6.54 Å². The van der Waals surface area contributed by atoms with Gasteiger partial charge in [-0.25, -0.2) is 0 Å². The van der Waals surface area contributed by atoms with E-state index in [1.807, 2.05) is 0 Å². The zero-order valence-electron chi connectivity index (χ0n) is 6.41. The van der Waals surface area contributed by atoms with Gasteiger partial charge in [0.2, 0.25) is 0 Å². The van der Waals surface area contributed by atoms with Crippen LogP contribution in [-0.2, 0) is 39.1 Å². The van der Waals surface area contributed by atoms with E-state index in [4.69, 9.17) is 5.73 Å². The van der Waals surface area contributed by atoms with E-state index in [9.17, 15) is 0 Å². The molecule has 0 aromatic carbocycles. The minimum atomic E-state index is 0. The van der Waals surface area contributed by atoms with Crippen molar-refractivity contribution in [3.05, 3.63) is 18.0 Å². The summed E-state index contributed by atoms with van der Waals surface area (Å²) in [4.78, 5) is 11.6. The molecule has 0 saturated heterocycles. The van der Waals surface area contributed by atoms with Crippen LogP contribution in [0.2, 0.25) is 0 Å². The standard InChI is InChI=1S/C6H9N4.Y/c1-5-8-4-9-6(10-5)2-3-7;/h2-3,7H2,1H3;/q-1;. The van der Waals surface area contributed by atoms with Crippen molar-refractivity contribution in [3.63, 3.8) is 0 Å². The fraction of sp³-hybridized carbons (Fsp3) is 0.500. The van der Waals surface area contributed by atoms with Crippen LogP contribution in [0.15, 0.2) is 0 Å². The molecule has 1 rings (SSSR count). The first kappa shape index (κ1) is 11.1. The molecule has 0 unspecified atom stereocenters. The second kappa shape index (κ2) is 5.69. The number of aryl methyl sites for hydroxylation is 1. The van der Waals surface area contributed by atoms with Crippen molar-refractivity contribution in [3.8, 4) is 0 Å². The van der Waals surface area contributed by atoms with Crippen LogP contribution >= 0.6 is 0 Å². The van der Waals surface area contributed by atoms with E-state index in [1.165, 1.54) is 0 Å². The molecule has 0 aliphatic heterocycles. The third-order valence-electron chi connectivity index (χ3n) is 1.05. The smallest absolute Gasteiger partial charge is 0.0247 e. The first-order valence-corrected chi connectivity index (χ1v) is 3.10. The van der Waals surface area contributed by atoms with E-state index in [-0.39, 0.29) is 32.7 Å². The van der Waals surface area contributed by atoms with E-state index in [0.29, 0.717) is 18.8 Å². The second-order valence-electron chi connectivity index (χ2n) is 1.94. The fourth-order valence-electron chi connectivity index (χ4n) is 0.633. The molecule has 0 atom stereocenters. The molecule has 2 N–H and O–H groups in total. The number of hydrogen-bond acceptors (Lipinski definition) is 4. The van der Waals surface area contributed by atoms with Gasteiger partial charge in [0.15, 0.2) is 0 Å². The molecular formula is C6H9N4Y-. The summed E-state index contributed by atoms with van der Waals surface area (Å²) >= 11 is 0. The Labute approximate surface area is 90.9 Å². The molecule has 1 aromatic heterocycles. The minimum absolute atomic E-state index is 0. The van der Waals surface area contributed by atoms with Crippen LogP contribution in [0.25, 0.3) is 0 Å². The maximum absolute atomic E-state index is 5.30. The number of nitrogens with zero attached hydrogens (tertiary/aromatic N) is 3. The van der Waals surface area contributed by atoms with Gasteiger partial charge in [0.25, 0.3) is 0 Å². The Morgan fingerprint density at radius 1 is 1.45 bits per heavy atom. The van der Waals surface area contributed by atoms with Crippen LogP contribution in [0.5, 0.6) is 0 Å². The molecule has 0 spiro atoms. The van der Waals surface area contributed by atoms with Gasteiger partial charge in [-0.1, -0.05) is 6.92 Å². The Kier molecular flexibility index (Phi) is 5.73. The maximum Gasteiger partial charge on any atom is 0.0247 e. The Bertz CT molecular complexity index is 215. The van der Waals surface area contributed by atoms with Crippen LogP contribution in [0.4, 0.5) is 0 Å². The normalized spacial score (nSPS) is 8.91. The number of aromatic nitrogens is 3. The summed E-state index contributed by atoms with van der Waals surface area (Å²) in [7, 11) is 0. The summed E-state index contributed by atoms with van der Waals surface area (Å²) in [6.07, 6.45) is 3.19. The van der Waals surface area contributed by atoms with Gasteiger partial charge >= 0.3 is 0 Å². The first-order valence-electron chi connectivity index (χ1n) is 3.10. The van der Waals surface area contributed by atoms with Gasteiger partial charge < -0.3 is 20.7 Å². The largest absolute Gasteiger partial charge is 0.353 e. The Morgan fingerprint density at radius 2 is 2.18 bits per heavy atom. The summed E-state index contributed by atoms with van der Waals surface area (Å²) in [5, 5.41) is 0. The third-order valence-corrected chi connectivity index (χ3v) is 1.05. The Morgan fingerprint density at radius 3 is 2.73 bits per heavy atom. The zero-order valence-corrected chi connectivity index (χ0v) is 9.25. The third kappa shape index (κ3) is 3.84. The Hall–Kier alpha value is 0.0739. The molecule has 1 aromatic rings. The van der Waals surface area contributed by atoms with Gasteiger partial charge in [0, 0.05) is 50.7 Å². The van der Waals surface area contributed by atoms with Crippen LogP contribution in [-0.4, -0.2) is 21.5 Å². The van der Waals surface area contributed by atoms with Crippen molar-refractivity contribution in [1.82, 2.24) is 15.0 Å². The summed E-state index contributed by atoms with van der Waals surface area (Å²) < 4.78 is 0. The number of rotatable bonds is 2. The molecular weight excluding hydrogens is 217 g/mol. The summed E-state index contributed by atoms with van der Waals surface area (Å²) in [6, 6.07) is 0. The topological polar surface area (TPSA) is 64.7 Å². The summed E-state index contributed by atoms with van der Waals surface area (Å²) in [6.45, 7) is 2.37. The molecule has 0 fully saturated rings. The van der Waals surface area contributed by atoms with Gasteiger partial charge in [-0.05, 0) is 13.0 Å². The van der Waals surface area contributed by atoms with Crippen LogP contribution in [0, 0.1) is 13.3 Å². The van der Waals surface area contributed by atoms with Gasteiger partial charge in [0.1, 0.15) is 0 Å². The van der Waals surface area contributed by atoms with Gasteiger partial charge in [-0.3, -0.25) is 0 Å². The minimum Gasteiger partial charge on any atom is -0.353 e. The molecule has 1 heterocycles. The number of hydrogen-bond donors (Lipinski definition) is 1. The van der Waals surface area contributed by atoms with E-state index in [2.05, 4.69) is 21.3 Å².